The number of aromatic nitrogens is 4. The predicted octanol–water partition coefficient (Wildman–Crippen LogP) is 14.1. The van der Waals surface area contributed by atoms with Crippen LogP contribution in [-0.2, 0) is 4.79 Å². The highest BCUT2D eigenvalue weighted by molar-refractivity contribution is 6.00. The smallest absolute Gasteiger partial charge is 0.303 e. The molecule has 7 heteroatoms. The van der Waals surface area contributed by atoms with E-state index in [4.69, 9.17) is 19.8 Å². The van der Waals surface area contributed by atoms with Crippen LogP contribution in [0.25, 0.3) is 90.9 Å². The van der Waals surface area contributed by atoms with Crippen molar-refractivity contribution in [1.29, 1.82) is 0 Å². The van der Waals surface area contributed by atoms with E-state index < -0.39 is 5.97 Å². The molecule has 8 bridgehead atoms. The van der Waals surface area contributed by atoms with Crippen LogP contribution in [0.3, 0.4) is 0 Å². The first-order chi connectivity index (χ1) is 30.3. The Balaban J connectivity index is 1.26. The minimum atomic E-state index is -0.727. The minimum absolute atomic E-state index is 0.236. The molecule has 7 nitrogen and oxygen atoms in total. The molecule has 2 aliphatic rings. The summed E-state index contributed by atoms with van der Waals surface area (Å²) in [5.74, 6) is 0.0827. The molecule has 0 saturated carbocycles. The molecule has 0 aliphatic carbocycles. The van der Waals surface area contributed by atoms with E-state index in [0.29, 0.717) is 6.61 Å². The Hall–Kier alpha value is -7.25. The van der Waals surface area contributed by atoms with Gasteiger partial charge in [0.25, 0.3) is 0 Å². The van der Waals surface area contributed by atoms with Gasteiger partial charge >= 0.3 is 5.97 Å². The van der Waals surface area contributed by atoms with Crippen molar-refractivity contribution in [3.63, 3.8) is 0 Å². The lowest BCUT2D eigenvalue weighted by molar-refractivity contribution is -0.137. The van der Waals surface area contributed by atoms with Crippen molar-refractivity contribution in [1.82, 2.24) is 19.9 Å². The Morgan fingerprint density at radius 3 is 1.31 bits per heavy atom. The summed E-state index contributed by atoms with van der Waals surface area (Å²) < 4.78 is 6.18. The number of aryl methyl sites for hydroxylation is 3. The van der Waals surface area contributed by atoms with Crippen LogP contribution in [0, 0.1) is 20.8 Å². The van der Waals surface area contributed by atoms with Gasteiger partial charge in [0.15, 0.2) is 0 Å². The van der Waals surface area contributed by atoms with Crippen molar-refractivity contribution < 1.29 is 14.6 Å². The van der Waals surface area contributed by atoms with Crippen molar-refractivity contribution in [2.24, 2.45) is 0 Å². The third-order valence-electron chi connectivity index (χ3n) is 11.9. The van der Waals surface area contributed by atoms with Gasteiger partial charge in [-0.2, -0.15) is 0 Å². The van der Waals surface area contributed by atoms with E-state index in [1.807, 2.05) is 12.1 Å². The van der Waals surface area contributed by atoms with Gasteiger partial charge in [0.05, 0.1) is 29.4 Å². The number of benzene rings is 4. The van der Waals surface area contributed by atoms with Gasteiger partial charge in [-0.1, -0.05) is 104 Å². The number of H-pyrrole nitrogens is 2. The van der Waals surface area contributed by atoms with Crippen LogP contribution in [0.4, 0.5) is 0 Å². The molecule has 0 atom stereocenters. The molecule has 0 radical (unpaired) electrons. The first kappa shape index (κ1) is 40.2. The molecule has 7 aromatic rings. The zero-order valence-corrected chi connectivity index (χ0v) is 35.5. The van der Waals surface area contributed by atoms with Crippen LogP contribution >= 0.6 is 0 Å². The van der Waals surface area contributed by atoms with E-state index in [9.17, 15) is 4.79 Å². The Labute approximate surface area is 362 Å². The maximum atomic E-state index is 10.8. The van der Waals surface area contributed by atoms with Crippen LogP contribution in [0.1, 0.15) is 78.0 Å². The topological polar surface area (TPSA) is 104 Å². The molecule has 3 aromatic heterocycles. The summed E-state index contributed by atoms with van der Waals surface area (Å²) in [4.78, 5) is 29.5. The van der Waals surface area contributed by atoms with Crippen LogP contribution in [-0.4, -0.2) is 37.6 Å². The van der Waals surface area contributed by atoms with E-state index in [0.717, 1.165) is 138 Å². The lowest BCUT2D eigenvalue weighted by Gasteiger charge is -2.10. The summed E-state index contributed by atoms with van der Waals surface area (Å²) >= 11 is 0. The molecule has 308 valence electrons. The molecule has 0 spiro atoms. The van der Waals surface area contributed by atoms with Gasteiger partial charge < -0.3 is 19.8 Å². The van der Waals surface area contributed by atoms with E-state index in [-0.39, 0.29) is 6.42 Å². The molecule has 4 aromatic carbocycles. The van der Waals surface area contributed by atoms with Crippen molar-refractivity contribution in [2.45, 2.75) is 59.3 Å². The first-order valence-corrected chi connectivity index (χ1v) is 21.6. The fraction of sp³-hybridized carbons (Fsp3) is 0.182. The van der Waals surface area contributed by atoms with E-state index in [1.165, 1.54) is 5.56 Å². The normalized spacial score (nSPS) is 11.9. The Kier molecular flexibility index (Phi) is 11.5. The highest BCUT2D eigenvalue weighted by Gasteiger charge is 2.20. The molecular formula is C55H50N4O3. The fourth-order valence-electron chi connectivity index (χ4n) is 8.74. The number of unbranched alkanes of at least 4 members (excludes halogenated alkanes) is 4. The molecule has 3 N–H and O–H groups in total. The zero-order chi connectivity index (χ0) is 42.6. The number of nitrogens with zero attached hydrogens (tertiary/aromatic N) is 2. The molecule has 0 fully saturated rings. The molecule has 0 saturated heterocycles. The van der Waals surface area contributed by atoms with Gasteiger partial charge in [0.2, 0.25) is 0 Å². The monoisotopic (exact) mass is 814 g/mol. The number of aliphatic carboxylic acids is 1. The largest absolute Gasteiger partial charge is 0.494 e. The highest BCUT2D eigenvalue weighted by Crippen LogP contribution is 2.40. The number of hydrogen-bond donors (Lipinski definition) is 3. The Morgan fingerprint density at radius 1 is 0.484 bits per heavy atom. The third-order valence-corrected chi connectivity index (χ3v) is 11.9. The maximum absolute atomic E-state index is 10.8. The van der Waals surface area contributed by atoms with Gasteiger partial charge in [-0.25, -0.2) is 9.97 Å². The summed E-state index contributed by atoms with van der Waals surface area (Å²) in [6.45, 7) is 7.08. The summed E-state index contributed by atoms with van der Waals surface area (Å²) in [6.07, 6.45) is 13.4. The van der Waals surface area contributed by atoms with Crippen LogP contribution < -0.4 is 4.74 Å². The summed E-state index contributed by atoms with van der Waals surface area (Å²) in [6, 6.07) is 42.5. The number of carboxylic acid groups (broad SMARTS) is 1. The third kappa shape index (κ3) is 8.26. The van der Waals surface area contributed by atoms with Gasteiger partial charge in [-0.05, 0) is 133 Å². The molecule has 5 heterocycles. The standard InChI is InChI=1S/C55H50N4O3/c1-35-15-8-11-18-40(35)53-45-28-26-43(56-45)52(38-22-24-39(25-23-38)62-34-14-6-4-5-7-21-51(60)61)44-27-29-46(57-44)54(41-19-12-9-16-36(41)2)48-31-33-50(59-48)55(49-32-30-47(53)58-49)42-20-13-10-17-37(42)3/h8-13,15-20,22-33,56,59H,4-7,14,21,34H2,1-3H3,(H,60,61). The van der Waals surface area contributed by atoms with Crippen molar-refractivity contribution in [2.75, 3.05) is 6.61 Å². The van der Waals surface area contributed by atoms with Gasteiger partial charge in [0, 0.05) is 50.7 Å². The maximum Gasteiger partial charge on any atom is 0.303 e. The molecule has 2 aliphatic heterocycles. The Bertz CT molecular complexity index is 3000. The second-order valence-corrected chi connectivity index (χ2v) is 16.2. The number of carbonyl (C=O) groups is 1. The average molecular weight is 815 g/mol. The lowest BCUT2D eigenvalue weighted by atomic mass is 9.99. The minimum Gasteiger partial charge on any atom is -0.494 e. The van der Waals surface area contributed by atoms with Gasteiger partial charge in [0.1, 0.15) is 5.75 Å². The van der Waals surface area contributed by atoms with Crippen LogP contribution in [0.5, 0.6) is 5.75 Å². The predicted molar refractivity (Wildman–Crippen MR) is 256 cm³/mol. The summed E-state index contributed by atoms with van der Waals surface area (Å²) in [5, 5.41) is 8.91. The van der Waals surface area contributed by atoms with E-state index in [1.54, 1.807) is 0 Å². The van der Waals surface area contributed by atoms with Crippen LogP contribution in [0.15, 0.2) is 121 Å². The van der Waals surface area contributed by atoms with Gasteiger partial charge in [-0.3, -0.25) is 4.79 Å². The quantitative estimate of drug-likeness (QED) is 0.101. The van der Waals surface area contributed by atoms with E-state index >= 15 is 0 Å². The van der Waals surface area contributed by atoms with Crippen molar-refractivity contribution in [3.05, 3.63) is 161 Å². The number of hydrogen-bond acceptors (Lipinski definition) is 4. The number of nitrogens with one attached hydrogen (secondary N) is 2. The van der Waals surface area contributed by atoms with Crippen molar-refractivity contribution >= 4 is 52.3 Å². The lowest BCUT2D eigenvalue weighted by Crippen LogP contribution is -1.98. The Morgan fingerprint density at radius 2 is 0.871 bits per heavy atom. The summed E-state index contributed by atoms with van der Waals surface area (Å²) in [7, 11) is 0. The molecule has 0 unspecified atom stereocenters. The number of ether oxygens (including phenoxy) is 1. The number of fused-ring (bicyclic) bond motifs is 8. The van der Waals surface area contributed by atoms with E-state index in [2.05, 4.69) is 164 Å². The fourth-order valence-corrected chi connectivity index (χ4v) is 8.74. The highest BCUT2D eigenvalue weighted by atomic mass is 16.5. The molecule has 0 amide bonds. The van der Waals surface area contributed by atoms with Crippen LogP contribution in [0.2, 0.25) is 0 Å². The SMILES string of the molecule is Cc1ccccc1-c1c2nc(c(-c3ccccc3C)c3ccc([nH]3)c(-c3ccccc3C)c3nc(c(-c4ccc(OCCCCCCCC(=O)O)cc4)c4ccc1[nH]4)C=C3)C=C2. The average Bonchev–Trinajstić information content (AvgIpc) is 4.12. The molecular weight excluding hydrogens is 765 g/mol. The number of rotatable bonds is 13. The summed E-state index contributed by atoms with van der Waals surface area (Å²) in [5.41, 5.74) is 19.3. The number of aromatic amines is 2. The number of carboxylic acids is 1. The zero-order valence-electron chi connectivity index (χ0n) is 35.5. The second-order valence-electron chi connectivity index (χ2n) is 16.2. The van der Waals surface area contributed by atoms with Crippen molar-refractivity contribution in [3.8, 4) is 50.3 Å². The van der Waals surface area contributed by atoms with Gasteiger partial charge in [-0.15, -0.1) is 0 Å². The first-order valence-electron chi connectivity index (χ1n) is 21.6. The molecule has 9 rings (SSSR count). The second kappa shape index (κ2) is 17.8. The molecule has 62 heavy (non-hydrogen) atoms.